The van der Waals surface area contributed by atoms with Gasteiger partial charge in [0.25, 0.3) is 5.91 Å². The number of hydroxylamine groups is 1. The predicted octanol–water partition coefficient (Wildman–Crippen LogP) is 5.15. The van der Waals surface area contributed by atoms with Crippen LogP contribution in [0.15, 0.2) is 42.5 Å². The van der Waals surface area contributed by atoms with Crippen LogP contribution in [0.4, 0.5) is 11.4 Å². The topological polar surface area (TPSA) is 90.0 Å². The number of amides is 3. The average Bonchev–Trinajstić information content (AvgIpc) is 2.80. The highest BCUT2D eigenvalue weighted by molar-refractivity contribution is 6.02. The zero-order valence-electron chi connectivity index (χ0n) is 20.9. The largest absolute Gasteiger partial charge is 0.342 e. The highest BCUT2D eigenvalue weighted by Crippen LogP contribution is 2.29. The number of carbonyl (C=O) groups is 3. The molecular formula is C27H37N3O4. The molecule has 0 radical (unpaired) electrons. The van der Waals surface area contributed by atoms with Gasteiger partial charge in [-0.15, -0.1) is 0 Å². The minimum atomic E-state index is -0.373. The number of aryl methyl sites for hydroxylation is 2. The van der Waals surface area contributed by atoms with Gasteiger partial charge in [0.05, 0.1) is 0 Å². The van der Waals surface area contributed by atoms with Crippen molar-refractivity contribution in [2.45, 2.75) is 59.8 Å². The quantitative estimate of drug-likeness (QED) is 0.272. The van der Waals surface area contributed by atoms with Crippen molar-refractivity contribution in [1.82, 2.24) is 10.4 Å². The lowest BCUT2D eigenvalue weighted by atomic mass is 10.1. The molecule has 0 heterocycles. The van der Waals surface area contributed by atoms with Gasteiger partial charge < -0.3 is 4.90 Å². The molecule has 34 heavy (non-hydrogen) atoms. The standard InChI is InChI=1S/C27H37N3O4/c1-19(2)26(32)30(24-17-20(3)16-21(4)18-24)23-13-11-22(12-14-23)27(33)29(5)15-9-7-6-8-10-25(31)28-34/h11-14,16-19,34H,6-10,15H2,1-5H3,(H,28,31). The molecule has 0 unspecified atom stereocenters. The number of benzene rings is 2. The van der Waals surface area contributed by atoms with Crippen LogP contribution in [0.25, 0.3) is 0 Å². The van der Waals surface area contributed by atoms with E-state index in [0.29, 0.717) is 24.9 Å². The molecule has 3 amide bonds. The van der Waals surface area contributed by atoms with Crippen LogP contribution >= 0.6 is 0 Å². The summed E-state index contributed by atoms with van der Waals surface area (Å²) in [5.41, 5.74) is 5.93. The second-order valence-electron chi connectivity index (χ2n) is 9.15. The summed E-state index contributed by atoms with van der Waals surface area (Å²) < 4.78 is 0. The first-order valence-corrected chi connectivity index (χ1v) is 11.8. The van der Waals surface area contributed by atoms with Crippen molar-refractivity contribution in [2.75, 3.05) is 18.5 Å². The van der Waals surface area contributed by atoms with Crippen LogP contribution in [0.5, 0.6) is 0 Å². The van der Waals surface area contributed by atoms with Crippen molar-refractivity contribution in [2.24, 2.45) is 5.92 Å². The maximum Gasteiger partial charge on any atom is 0.253 e. The van der Waals surface area contributed by atoms with Crippen molar-refractivity contribution in [3.05, 3.63) is 59.2 Å². The number of hydrogen-bond donors (Lipinski definition) is 2. The van der Waals surface area contributed by atoms with Crippen LogP contribution in [0.3, 0.4) is 0 Å². The molecule has 7 heteroatoms. The van der Waals surface area contributed by atoms with E-state index >= 15 is 0 Å². The maximum atomic E-state index is 13.1. The van der Waals surface area contributed by atoms with E-state index in [1.807, 2.05) is 52.0 Å². The number of hydrogen-bond acceptors (Lipinski definition) is 4. The predicted molar refractivity (Wildman–Crippen MR) is 134 cm³/mol. The molecule has 2 rings (SSSR count). The number of nitrogens with zero attached hydrogens (tertiary/aromatic N) is 2. The molecule has 0 aliphatic carbocycles. The number of anilines is 2. The molecule has 2 N–H and O–H groups in total. The van der Waals surface area contributed by atoms with Crippen LogP contribution in [-0.2, 0) is 9.59 Å². The van der Waals surface area contributed by atoms with E-state index in [4.69, 9.17) is 5.21 Å². The fourth-order valence-electron chi connectivity index (χ4n) is 3.86. The molecule has 0 saturated carbocycles. The fourth-order valence-corrected chi connectivity index (χ4v) is 3.86. The molecule has 0 atom stereocenters. The summed E-state index contributed by atoms with van der Waals surface area (Å²) in [5, 5.41) is 8.50. The van der Waals surface area contributed by atoms with Gasteiger partial charge in [-0.25, -0.2) is 5.48 Å². The van der Waals surface area contributed by atoms with Gasteiger partial charge in [0.1, 0.15) is 0 Å². The third kappa shape index (κ3) is 7.70. The summed E-state index contributed by atoms with van der Waals surface area (Å²) in [6.45, 7) is 8.40. The van der Waals surface area contributed by atoms with Crippen LogP contribution in [-0.4, -0.2) is 41.4 Å². The summed E-state index contributed by atoms with van der Waals surface area (Å²) in [7, 11) is 1.78. The van der Waals surface area contributed by atoms with Crippen molar-refractivity contribution in [3.8, 4) is 0 Å². The molecule has 2 aromatic rings. The highest BCUT2D eigenvalue weighted by Gasteiger charge is 2.22. The number of unbranched alkanes of at least 4 members (excludes halogenated alkanes) is 3. The molecule has 7 nitrogen and oxygen atoms in total. The lowest BCUT2D eigenvalue weighted by Crippen LogP contribution is -2.30. The molecule has 0 aliphatic heterocycles. The SMILES string of the molecule is Cc1cc(C)cc(N(C(=O)C(C)C)c2ccc(C(=O)N(C)CCCCCCC(=O)NO)cc2)c1. The Hall–Kier alpha value is -3.19. The van der Waals surface area contributed by atoms with E-state index < -0.39 is 0 Å². The van der Waals surface area contributed by atoms with Gasteiger partial charge in [-0.2, -0.15) is 0 Å². The lowest BCUT2D eigenvalue weighted by Gasteiger charge is -2.26. The molecular weight excluding hydrogens is 430 g/mol. The summed E-state index contributed by atoms with van der Waals surface area (Å²) in [4.78, 5) is 40.3. The Labute approximate surface area is 202 Å². The average molecular weight is 468 g/mol. The van der Waals surface area contributed by atoms with Gasteiger partial charge in [-0.05, 0) is 74.2 Å². The molecule has 0 aromatic heterocycles. The number of rotatable bonds is 11. The van der Waals surface area contributed by atoms with Crippen molar-refractivity contribution >= 4 is 29.1 Å². The van der Waals surface area contributed by atoms with Gasteiger partial charge in [0, 0.05) is 42.9 Å². The van der Waals surface area contributed by atoms with Crippen molar-refractivity contribution in [3.63, 3.8) is 0 Å². The van der Waals surface area contributed by atoms with E-state index in [0.717, 1.165) is 41.8 Å². The van der Waals surface area contributed by atoms with Crippen LogP contribution < -0.4 is 10.4 Å². The Morgan fingerprint density at radius 3 is 2.03 bits per heavy atom. The first-order valence-electron chi connectivity index (χ1n) is 11.8. The third-order valence-electron chi connectivity index (χ3n) is 5.67. The van der Waals surface area contributed by atoms with E-state index in [9.17, 15) is 14.4 Å². The Morgan fingerprint density at radius 1 is 0.882 bits per heavy atom. The van der Waals surface area contributed by atoms with Crippen LogP contribution in [0, 0.1) is 19.8 Å². The normalized spacial score (nSPS) is 10.8. The van der Waals surface area contributed by atoms with Crippen LogP contribution in [0.2, 0.25) is 0 Å². The molecule has 0 fully saturated rings. The Balaban J connectivity index is 2.05. The minimum Gasteiger partial charge on any atom is -0.342 e. The highest BCUT2D eigenvalue weighted by atomic mass is 16.5. The first kappa shape index (κ1) is 27.1. The van der Waals surface area contributed by atoms with Crippen molar-refractivity contribution in [1.29, 1.82) is 0 Å². The monoisotopic (exact) mass is 467 g/mol. The summed E-state index contributed by atoms with van der Waals surface area (Å²) in [6, 6.07) is 13.3. The van der Waals surface area contributed by atoms with Gasteiger partial charge in [-0.1, -0.05) is 32.8 Å². The third-order valence-corrected chi connectivity index (χ3v) is 5.67. The Bertz CT molecular complexity index is 966. The van der Waals surface area contributed by atoms with Gasteiger partial charge >= 0.3 is 0 Å². The lowest BCUT2D eigenvalue weighted by molar-refractivity contribution is -0.129. The van der Waals surface area contributed by atoms with E-state index in [-0.39, 0.29) is 23.6 Å². The molecule has 2 aromatic carbocycles. The summed E-state index contributed by atoms with van der Waals surface area (Å²) in [5.74, 6) is -0.620. The van der Waals surface area contributed by atoms with E-state index in [2.05, 4.69) is 6.07 Å². The zero-order valence-corrected chi connectivity index (χ0v) is 20.9. The van der Waals surface area contributed by atoms with Crippen LogP contribution in [0.1, 0.15) is 67.4 Å². The smallest absolute Gasteiger partial charge is 0.253 e. The van der Waals surface area contributed by atoms with E-state index in [1.54, 1.807) is 34.5 Å². The second-order valence-corrected chi connectivity index (χ2v) is 9.15. The Kier molecular flexibility index (Phi) is 10.3. The number of carbonyl (C=O) groups excluding carboxylic acids is 3. The molecule has 184 valence electrons. The summed E-state index contributed by atoms with van der Waals surface area (Å²) >= 11 is 0. The maximum absolute atomic E-state index is 13.1. The molecule has 0 aliphatic rings. The zero-order chi connectivity index (χ0) is 25.3. The van der Waals surface area contributed by atoms with Gasteiger partial charge in [0.2, 0.25) is 11.8 Å². The molecule has 0 saturated heterocycles. The molecule has 0 spiro atoms. The summed E-state index contributed by atoms with van der Waals surface area (Å²) in [6.07, 6.45) is 3.61. The first-order chi connectivity index (χ1) is 16.1. The minimum absolute atomic E-state index is 0.00216. The fraction of sp³-hybridized carbons (Fsp3) is 0.444. The van der Waals surface area contributed by atoms with E-state index in [1.165, 1.54) is 0 Å². The van der Waals surface area contributed by atoms with Gasteiger partial charge in [-0.3, -0.25) is 24.5 Å². The second kappa shape index (κ2) is 12.9. The number of nitrogens with one attached hydrogen (secondary N) is 1. The van der Waals surface area contributed by atoms with Crippen molar-refractivity contribution < 1.29 is 19.6 Å². The molecule has 0 bridgehead atoms. The Morgan fingerprint density at radius 2 is 1.47 bits per heavy atom. The van der Waals surface area contributed by atoms with Gasteiger partial charge in [0.15, 0.2) is 0 Å².